The van der Waals surface area contributed by atoms with Gasteiger partial charge in [-0.05, 0) is 43.2 Å². The molecular weight excluding hydrogens is 352 g/mol. The normalized spacial score (nSPS) is 11.6. The Morgan fingerprint density at radius 1 is 1.26 bits per heavy atom. The van der Waals surface area contributed by atoms with Crippen LogP contribution in [0.2, 0.25) is 0 Å². The molecule has 0 aromatic heterocycles. The van der Waals surface area contributed by atoms with Crippen molar-refractivity contribution < 1.29 is 4.79 Å². The molecule has 0 N–H and O–H groups in total. The second kappa shape index (κ2) is 7.94. The van der Waals surface area contributed by atoms with Crippen molar-refractivity contribution in [2.24, 2.45) is 0 Å². The van der Waals surface area contributed by atoms with Gasteiger partial charge in [0, 0.05) is 16.6 Å². The summed E-state index contributed by atoms with van der Waals surface area (Å²) in [6.45, 7) is 4.75. The second-order valence-electron chi connectivity index (χ2n) is 5.39. The van der Waals surface area contributed by atoms with Crippen LogP contribution in [0.4, 0.5) is 0 Å². The fourth-order valence-corrected chi connectivity index (χ4v) is 3.20. The van der Waals surface area contributed by atoms with Crippen LogP contribution in [0.5, 0.6) is 0 Å². The molecule has 1 unspecified atom stereocenters. The van der Waals surface area contributed by atoms with Gasteiger partial charge in [0.05, 0.1) is 17.7 Å². The van der Waals surface area contributed by atoms with Gasteiger partial charge in [-0.15, -0.1) is 0 Å². The second-order valence-corrected chi connectivity index (χ2v) is 6.24. The molecule has 2 rings (SSSR count). The van der Waals surface area contributed by atoms with Crippen LogP contribution in [0.1, 0.15) is 47.8 Å². The predicted octanol–water partition coefficient (Wildman–Crippen LogP) is 4.93. The smallest absolute Gasteiger partial charge is 0.254 e. The summed E-state index contributed by atoms with van der Waals surface area (Å²) in [7, 11) is 0. The van der Waals surface area contributed by atoms with Crippen molar-refractivity contribution in [3.8, 4) is 6.07 Å². The van der Waals surface area contributed by atoms with Gasteiger partial charge in [0.2, 0.25) is 0 Å². The van der Waals surface area contributed by atoms with Gasteiger partial charge in [0.1, 0.15) is 0 Å². The van der Waals surface area contributed by atoms with Crippen LogP contribution in [0.15, 0.2) is 53.0 Å². The van der Waals surface area contributed by atoms with Gasteiger partial charge >= 0.3 is 0 Å². The number of rotatable bonds is 5. The van der Waals surface area contributed by atoms with E-state index in [9.17, 15) is 4.79 Å². The molecule has 0 aliphatic rings. The largest absolute Gasteiger partial charge is 0.332 e. The molecule has 1 atom stereocenters. The molecule has 4 heteroatoms. The van der Waals surface area contributed by atoms with Crippen molar-refractivity contribution >= 4 is 21.8 Å². The average molecular weight is 371 g/mol. The van der Waals surface area contributed by atoms with Crippen LogP contribution in [0.3, 0.4) is 0 Å². The number of nitrogens with zero attached hydrogens (tertiary/aromatic N) is 2. The lowest BCUT2D eigenvalue weighted by Crippen LogP contribution is -2.34. The summed E-state index contributed by atoms with van der Waals surface area (Å²) in [6, 6.07) is 16.8. The van der Waals surface area contributed by atoms with Crippen LogP contribution in [0, 0.1) is 11.3 Å². The number of hydrogen-bond acceptors (Lipinski definition) is 2. The van der Waals surface area contributed by atoms with Crippen molar-refractivity contribution in [3.05, 3.63) is 69.7 Å². The molecule has 0 aliphatic carbocycles. The standard InChI is InChI=1S/C19H19BrN2O/c1-3-11-22(14(2)17-9-4-5-10-18(17)20)19(23)16-8-6-7-15(12-16)13-21/h4-10,12,14H,3,11H2,1-2H3. The van der Waals surface area contributed by atoms with Crippen molar-refractivity contribution in [2.45, 2.75) is 26.3 Å². The van der Waals surface area contributed by atoms with Crippen LogP contribution >= 0.6 is 15.9 Å². The Balaban J connectivity index is 2.35. The zero-order valence-corrected chi connectivity index (χ0v) is 14.9. The Morgan fingerprint density at radius 3 is 2.65 bits per heavy atom. The van der Waals surface area contributed by atoms with E-state index in [2.05, 4.69) is 28.9 Å². The van der Waals surface area contributed by atoms with E-state index in [0.717, 1.165) is 16.5 Å². The van der Waals surface area contributed by atoms with E-state index < -0.39 is 0 Å². The fourth-order valence-electron chi connectivity index (χ4n) is 2.58. The zero-order chi connectivity index (χ0) is 16.8. The van der Waals surface area contributed by atoms with Gasteiger partial charge in [-0.1, -0.05) is 47.1 Å². The fraction of sp³-hybridized carbons (Fsp3) is 0.263. The molecular formula is C19H19BrN2O. The maximum absolute atomic E-state index is 12.9. The van der Waals surface area contributed by atoms with Crippen molar-refractivity contribution in [3.63, 3.8) is 0 Å². The third-order valence-corrected chi connectivity index (χ3v) is 4.51. The molecule has 0 heterocycles. The number of nitriles is 1. The quantitative estimate of drug-likeness (QED) is 0.748. The van der Waals surface area contributed by atoms with E-state index in [0.29, 0.717) is 17.7 Å². The first-order valence-electron chi connectivity index (χ1n) is 7.64. The van der Waals surface area contributed by atoms with Gasteiger partial charge in [-0.3, -0.25) is 4.79 Å². The molecule has 23 heavy (non-hydrogen) atoms. The van der Waals surface area contributed by atoms with Gasteiger partial charge in [0.15, 0.2) is 0 Å². The third kappa shape index (κ3) is 4.00. The average Bonchev–Trinajstić information content (AvgIpc) is 2.59. The molecule has 2 aromatic rings. The highest BCUT2D eigenvalue weighted by Gasteiger charge is 2.23. The van der Waals surface area contributed by atoms with E-state index in [1.807, 2.05) is 36.1 Å². The summed E-state index contributed by atoms with van der Waals surface area (Å²) >= 11 is 3.56. The van der Waals surface area contributed by atoms with Gasteiger partial charge in [-0.2, -0.15) is 5.26 Å². The lowest BCUT2D eigenvalue weighted by molar-refractivity contribution is 0.0690. The van der Waals surface area contributed by atoms with Crippen LogP contribution in [-0.2, 0) is 0 Å². The number of hydrogen-bond donors (Lipinski definition) is 0. The Bertz CT molecular complexity index is 736. The van der Waals surface area contributed by atoms with Gasteiger partial charge in [-0.25, -0.2) is 0 Å². The number of halogens is 1. The van der Waals surface area contributed by atoms with Crippen molar-refractivity contribution in [2.75, 3.05) is 6.54 Å². The molecule has 0 spiro atoms. The number of amides is 1. The summed E-state index contributed by atoms with van der Waals surface area (Å²) in [5.41, 5.74) is 2.13. The van der Waals surface area contributed by atoms with Gasteiger partial charge < -0.3 is 4.90 Å². The highest BCUT2D eigenvalue weighted by atomic mass is 79.9. The van der Waals surface area contributed by atoms with Gasteiger partial charge in [0.25, 0.3) is 5.91 Å². The molecule has 3 nitrogen and oxygen atoms in total. The minimum absolute atomic E-state index is 0.0489. The third-order valence-electron chi connectivity index (χ3n) is 3.79. The first kappa shape index (κ1) is 17.2. The molecule has 0 radical (unpaired) electrons. The highest BCUT2D eigenvalue weighted by Crippen LogP contribution is 2.28. The van der Waals surface area contributed by atoms with Crippen molar-refractivity contribution in [1.82, 2.24) is 4.90 Å². The summed E-state index contributed by atoms with van der Waals surface area (Å²) in [4.78, 5) is 14.8. The lowest BCUT2D eigenvalue weighted by atomic mass is 10.0. The molecule has 2 aromatic carbocycles. The summed E-state index contributed by atoms with van der Waals surface area (Å²) in [5.74, 6) is -0.0489. The maximum atomic E-state index is 12.9. The molecule has 1 amide bonds. The number of benzene rings is 2. The summed E-state index contributed by atoms with van der Waals surface area (Å²) in [5, 5.41) is 9.03. The van der Waals surface area contributed by atoms with Crippen molar-refractivity contribution in [1.29, 1.82) is 5.26 Å². The van der Waals surface area contributed by atoms with E-state index in [-0.39, 0.29) is 11.9 Å². The molecule has 0 aliphatic heterocycles. The maximum Gasteiger partial charge on any atom is 0.254 e. The number of carbonyl (C=O) groups is 1. The Hall–Kier alpha value is -2.12. The van der Waals surface area contributed by atoms with E-state index in [4.69, 9.17) is 5.26 Å². The predicted molar refractivity (Wildman–Crippen MR) is 95.0 cm³/mol. The van der Waals surface area contributed by atoms with Crippen LogP contribution in [0.25, 0.3) is 0 Å². The molecule has 0 saturated carbocycles. The highest BCUT2D eigenvalue weighted by molar-refractivity contribution is 9.10. The molecule has 0 bridgehead atoms. The molecule has 0 fully saturated rings. The summed E-state index contributed by atoms with van der Waals surface area (Å²) < 4.78 is 0.993. The van der Waals surface area contributed by atoms with E-state index in [1.54, 1.807) is 24.3 Å². The Morgan fingerprint density at radius 2 is 2.00 bits per heavy atom. The molecule has 118 valence electrons. The van der Waals surface area contributed by atoms with E-state index >= 15 is 0 Å². The Labute approximate surface area is 145 Å². The SMILES string of the molecule is CCCN(C(=O)c1cccc(C#N)c1)C(C)c1ccccc1Br. The summed E-state index contributed by atoms with van der Waals surface area (Å²) in [6.07, 6.45) is 0.873. The van der Waals surface area contributed by atoms with E-state index in [1.165, 1.54) is 0 Å². The lowest BCUT2D eigenvalue weighted by Gasteiger charge is -2.30. The van der Waals surface area contributed by atoms with Crippen LogP contribution in [-0.4, -0.2) is 17.4 Å². The first-order chi connectivity index (χ1) is 11.1. The zero-order valence-electron chi connectivity index (χ0n) is 13.3. The topological polar surface area (TPSA) is 44.1 Å². The minimum atomic E-state index is -0.0521. The monoisotopic (exact) mass is 370 g/mol. The van der Waals surface area contributed by atoms with Crippen LogP contribution < -0.4 is 0 Å². The minimum Gasteiger partial charge on any atom is -0.332 e. The first-order valence-corrected chi connectivity index (χ1v) is 8.43. The molecule has 0 saturated heterocycles. The Kier molecular flexibility index (Phi) is 5.95. The number of carbonyl (C=O) groups excluding carboxylic acids is 1.